The van der Waals surface area contributed by atoms with Crippen LogP contribution in [0.5, 0.6) is 0 Å². The summed E-state index contributed by atoms with van der Waals surface area (Å²) in [6, 6.07) is -1.56. The van der Waals surface area contributed by atoms with Crippen molar-refractivity contribution in [3.05, 3.63) is 0 Å². The first kappa shape index (κ1) is 11.9. The topological polar surface area (TPSA) is 98.7 Å². The molecule has 0 aromatic rings. The Balaban J connectivity index is 2.50. The fourth-order valence-electron chi connectivity index (χ4n) is 1.55. The van der Waals surface area contributed by atoms with Gasteiger partial charge in [0.1, 0.15) is 0 Å². The molecule has 2 unspecified atom stereocenters. The van der Waals surface area contributed by atoms with E-state index < -0.39 is 18.1 Å². The van der Waals surface area contributed by atoms with Crippen molar-refractivity contribution >= 4 is 11.9 Å². The van der Waals surface area contributed by atoms with Crippen LogP contribution in [0.3, 0.4) is 0 Å². The molecule has 1 amide bonds. The normalized spacial score (nSPS) is 24.5. The van der Waals surface area contributed by atoms with E-state index in [1.807, 2.05) is 0 Å². The maximum Gasteiger partial charge on any atom is 0.328 e. The highest BCUT2D eigenvalue weighted by atomic mass is 16.4. The van der Waals surface area contributed by atoms with E-state index in [1.165, 1.54) is 6.92 Å². The first-order chi connectivity index (χ1) is 7.02. The van der Waals surface area contributed by atoms with Crippen LogP contribution in [-0.4, -0.2) is 46.8 Å². The van der Waals surface area contributed by atoms with Gasteiger partial charge in [-0.15, -0.1) is 0 Å². The van der Waals surface area contributed by atoms with Gasteiger partial charge in [-0.3, -0.25) is 4.79 Å². The van der Waals surface area contributed by atoms with Crippen molar-refractivity contribution in [3.63, 3.8) is 0 Å². The molecule has 1 saturated heterocycles. The quantitative estimate of drug-likeness (QED) is 0.467. The van der Waals surface area contributed by atoms with Crippen molar-refractivity contribution < 1.29 is 19.8 Å². The zero-order chi connectivity index (χ0) is 11.4. The molecule has 4 N–H and O–H groups in total. The van der Waals surface area contributed by atoms with Crippen molar-refractivity contribution in [2.24, 2.45) is 0 Å². The summed E-state index contributed by atoms with van der Waals surface area (Å²) in [5, 5.41) is 23.2. The Morgan fingerprint density at radius 2 is 2.20 bits per heavy atom. The molecule has 0 bridgehead atoms. The summed E-state index contributed by atoms with van der Waals surface area (Å²) in [6.07, 6.45) is 0.510. The standard InChI is InChI=1S/C9H16N2O4/c1-5(12)7(9(14)15)11-8(13)6-3-2-4-10-6/h5-7,10,12H,2-4H2,1H3,(H,11,13)(H,14,15)/t5?,6-,7?/m0/s1. The van der Waals surface area contributed by atoms with Gasteiger partial charge in [-0.25, -0.2) is 4.79 Å². The number of carbonyl (C=O) groups excluding carboxylic acids is 1. The van der Waals surface area contributed by atoms with E-state index in [2.05, 4.69) is 10.6 Å². The van der Waals surface area contributed by atoms with Gasteiger partial charge in [0.2, 0.25) is 5.91 Å². The third-order valence-corrected chi connectivity index (χ3v) is 2.42. The van der Waals surface area contributed by atoms with Crippen LogP contribution in [-0.2, 0) is 9.59 Å². The SMILES string of the molecule is CC(O)C(NC(=O)[C@@H]1CCCN1)C(=O)O. The van der Waals surface area contributed by atoms with E-state index in [0.29, 0.717) is 6.42 Å². The molecular formula is C9H16N2O4. The molecule has 0 saturated carbocycles. The molecule has 1 heterocycles. The van der Waals surface area contributed by atoms with Gasteiger partial charge in [0.15, 0.2) is 6.04 Å². The highest BCUT2D eigenvalue weighted by Gasteiger charge is 2.29. The number of carboxylic acids is 1. The van der Waals surface area contributed by atoms with Gasteiger partial charge in [0.25, 0.3) is 0 Å². The average Bonchev–Trinajstić information content (AvgIpc) is 2.65. The highest BCUT2D eigenvalue weighted by Crippen LogP contribution is 2.05. The predicted octanol–water partition coefficient (Wildman–Crippen LogP) is -1.31. The molecule has 6 nitrogen and oxygen atoms in total. The zero-order valence-corrected chi connectivity index (χ0v) is 8.56. The van der Waals surface area contributed by atoms with Gasteiger partial charge < -0.3 is 20.8 Å². The third kappa shape index (κ3) is 3.17. The number of nitrogens with one attached hydrogen (secondary N) is 2. The molecule has 0 aromatic heterocycles. The van der Waals surface area contributed by atoms with Crippen molar-refractivity contribution in [2.75, 3.05) is 6.54 Å². The molecule has 6 heteroatoms. The number of carboxylic acid groups (broad SMARTS) is 1. The number of hydrogen-bond acceptors (Lipinski definition) is 4. The zero-order valence-electron chi connectivity index (χ0n) is 8.56. The molecule has 1 aliphatic rings. The molecule has 0 radical (unpaired) electrons. The van der Waals surface area contributed by atoms with E-state index in [9.17, 15) is 9.59 Å². The number of aliphatic carboxylic acids is 1. The number of rotatable bonds is 4. The number of hydrogen-bond donors (Lipinski definition) is 4. The van der Waals surface area contributed by atoms with E-state index in [4.69, 9.17) is 10.2 Å². The molecule has 1 fully saturated rings. The van der Waals surface area contributed by atoms with Crippen LogP contribution in [0.1, 0.15) is 19.8 Å². The summed E-state index contributed by atoms with van der Waals surface area (Å²) < 4.78 is 0. The summed E-state index contributed by atoms with van der Waals surface area (Å²) >= 11 is 0. The summed E-state index contributed by atoms with van der Waals surface area (Å²) in [4.78, 5) is 22.2. The number of aliphatic hydroxyl groups excluding tert-OH is 1. The van der Waals surface area contributed by atoms with E-state index in [-0.39, 0.29) is 11.9 Å². The number of carbonyl (C=O) groups is 2. The third-order valence-electron chi connectivity index (χ3n) is 2.42. The lowest BCUT2D eigenvalue weighted by atomic mass is 10.1. The molecule has 15 heavy (non-hydrogen) atoms. The lowest BCUT2D eigenvalue weighted by molar-refractivity contribution is -0.145. The van der Waals surface area contributed by atoms with Crippen molar-refractivity contribution in [3.8, 4) is 0 Å². The highest BCUT2D eigenvalue weighted by molar-refractivity contribution is 5.87. The van der Waals surface area contributed by atoms with Crippen LogP contribution in [0.4, 0.5) is 0 Å². The second kappa shape index (κ2) is 5.09. The van der Waals surface area contributed by atoms with Crippen molar-refractivity contribution in [1.82, 2.24) is 10.6 Å². The molecular weight excluding hydrogens is 200 g/mol. The minimum atomic E-state index is -1.24. The Morgan fingerprint density at radius 3 is 2.60 bits per heavy atom. The van der Waals surface area contributed by atoms with Gasteiger partial charge >= 0.3 is 5.97 Å². The molecule has 0 aromatic carbocycles. The first-order valence-electron chi connectivity index (χ1n) is 4.97. The van der Waals surface area contributed by atoms with Gasteiger partial charge in [0, 0.05) is 0 Å². The van der Waals surface area contributed by atoms with Crippen molar-refractivity contribution in [2.45, 2.75) is 38.0 Å². The van der Waals surface area contributed by atoms with Crippen LogP contribution < -0.4 is 10.6 Å². The van der Waals surface area contributed by atoms with Crippen molar-refractivity contribution in [1.29, 1.82) is 0 Å². The van der Waals surface area contributed by atoms with E-state index >= 15 is 0 Å². The monoisotopic (exact) mass is 216 g/mol. The Labute approximate surface area is 87.7 Å². The van der Waals surface area contributed by atoms with Gasteiger partial charge in [-0.1, -0.05) is 0 Å². The lowest BCUT2D eigenvalue weighted by Gasteiger charge is -2.19. The largest absolute Gasteiger partial charge is 0.480 e. The molecule has 0 aliphatic carbocycles. The van der Waals surface area contributed by atoms with E-state index in [0.717, 1.165) is 13.0 Å². The molecule has 1 aliphatic heterocycles. The maximum absolute atomic E-state index is 11.5. The van der Waals surface area contributed by atoms with Crippen LogP contribution in [0.2, 0.25) is 0 Å². The smallest absolute Gasteiger partial charge is 0.328 e. The summed E-state index contributed by atoms with van der Waals surface area (Å²) in [6.45, 7) is 2.10. The van der Waals surface area contributed by atoms with Crippen LogP contribution in [0.25, 0.3) is 0 Å². The number of aliphatic hydroxyl groups is 1. The Morgan fingerprint density at radius 1 is 1.53 bits per heavy atom. The summed E-state index contributed by atoms with van der Waals surface area (Å²) in [7, 11) is 0. The Bertz CT molecular complexity index is 248. The number of amides is 1. The fourth-order valence-corrected chi connectivity index (χ4v) is 1.55. The van der Waals surface area contributed by atoms with Crippen LogP contribution >= 0.6 is 0 Å². The average molecular weight is 216 g/mol. The molecule has 1 rings (SSSR count). The first-order valence-corrected chi connectivity index (χ1v) is 4.97. The fraction of sp³-hybridized carbons (Fsp3) is 0.778. The predicted molar refractivity (Wildman–Crippen MR) is 52.3 cm³/mol. The lowest BCUT2D eigenvalue weighted by Crippen LogP contribution is -2.52. The molecule has 86 valence electrons. The molecule has 0 spiro atoms. The maximum atomic E-state index is 11.5. The Kier molecular flexibility index (Phi) is 4.05. The molecule has 3 atom stereocenters. The second-order valence-corrected chi connectivity index (χ2v) is 3.71. The second-order valence-electron chi connectivity index (χ2n) is 3.71. The van der Waals surface area contributed by atoms with Gasteiger partial charge in [0.05, 0.1) is 12.1 Å². The van der Waals surface area contributed by atoms with Crippen LogP contribution in [0.15, 0.2) is 0 Å². The van der Waals surface area contributed by atoms with Gasteiger partial charge in [-0.05, 0) is 26.3 Å². The van der Waals surface area contributed by atoms with E-state index in [1.54, 1.807) is 0 Å². The Hall–Kier alpha value is -1.14. The minimum absolute atomic E-state index is 0.328. The van der Waals surface area contributed by atoms with Crippen LogP contribution in [0, 0.1) is 0 Å². The minimum Gasteiger partial charge on any atom is -0.480 e. The summed E-state index contributed by atoms with van der Waals surface area (Å²) in [5.41, 5.74) is 0. The summed E-state index contributed by atoms with van der Waals surface area (Å²) in [5.74, 6) is -1.59. The van der Waals surface area contributed by atoms with Gasteiger partial charge in [-0.2, -0.15) is 0 Å².